The third-order valence-electron chi connectivity index (χ3n) is 4.58. The minimum Gasteiger partial charge on any atom is -0.321 e. The second-order valence-electron chi connectivity index (χ2n) is 6.46. The summed E-state index contributed by atoms with van der Waals surface area (Å²) < 4.78 is 28.5. The van der Waals surface area contributed by atoms with Gasteiger partial charge in [-0.15, -0.1) is 0 Å². The summed E-state index contributed by atoms with van der Waals surface area (Å²) in [5.41, 5.74) is 2.96. The van der Waals surface area contributed by atoms with Gasteiger partial charge in [-0.2, -0.15) is 4.31 Å². The summed E-state index contributed by atoms with van der Waals surface area (Å²) >= 11 is 0. The Bertz CT molecular complexity index is 1130. The van der Waals surface area contributed by atoms with Crippen LogP contribution < -0.4 is 5.32 Å². The lowest BCUT2D eigenvalue weighted by Crippen LogP contribution is -2.26. The summed E-state index contributed by atoms with van der Waals surface area (Å²) in [6, 6.07) is 14.1. The van der Waals surface area contributed by atoms with Crippen molar-refractivity contribution in [2.75, 3.05) is 12.4 Å². The van der Waals surface area contributed by atoms with Crippen molar-refractivity contribution in [3.63, 3.8) is 0 Å². The lowest BCUT2D eigenvalue weighted by molar-refractivity contribution is 0.102. The van der Waals surface area contributed by atoms with Crippen LogP contribution >= 0.6 is 0 Å². The Morgan fingerprint density at radius 1 is 1.11 bits per heavy atom. The van der Waals surface area contributed by atoms with Gasteiger partial charge in [-0.25, -0.2) is 13.4 Å². The summed E-state index contributed by atoms with van der Waals surface area (Å²) in [5.74, 6) is -0.377. The smallest absolute Gasteiger partial charge is 0.276 e. The highest BCUT2D eigenvalue weighted by molar-refractivity contribution is 7.89. The number of nitrogens with zero attached hydrogens (tertiary/aromatic N) is 3. The molecular weight excluding hydrogens is 364 g/mol. The monoisotopic (exact) mass is 382 g/mol. The van der Waals surface area contributed by atoms with Crippen LogP contribution in [-0.2, 0) is 16.6 Å². The average Bonchev–Trinajstić information content (AvgIpc) is 3.04. The van der Waals surface area contributed by atoms with E-state index in [-0.39, 0.29) is 23.0 Å². The Labute approximate surface area is 157 Å². The molecule has 0 radical (unpaired) electrons. The van der Waals surface area contributed by atoms with Gasteiger partial charge in [0.1, 0.15) is 11.2 Å². The van der Waals surface area contributed by atoms with E-state index in [1.165, 1.54) is 17.7 Å². The van der Waals surface area contributed by atoms with Crippen LogP contribution in [0.1, 0.15) is 21.7 Å². The fourth-order valence-corrected chi connectivity index (χ4v) is 4.40. The minimum atomic E-state index is -3.65. The van der Waals surface area contributed by atoms with E-state index in [0.717, 1.165) is 5.56 Å². The van der Waals surface area contributed by atoms with Gasteiger partial charge in [0, 0.05) is 12.7 Å². The molecule has 0 atom stereocenters. The lowest BCUT2D eigenvalue weighted by atomic mass is 10.2. The highest BCUT2D eigenvalue weighted by Crippen LogP contribution is 2.30. The van der Waals surface area contributed by atoms with Crippen molar-refractivity contribution in [1.29, 1.82) is 0 Å². The molecule has 1 aliphatic rings. The highest BCUT2D eigenvalue weighted by atomic mass is 32.2. The molecule has 0 bridgehead atoms. The Hall–Kier alpha value is -2.97. The first kappa shape index (κ1) is 17.4. The summed E-state index contributed by atoms with van der Waals surface area (Å²) in [6.07, 6.45) is 1.49. The van der Waals surface area contributed by atoms with Crippen LogP contribution in [0.2, 0.25) is 0 Å². The topological polar surface area (TPSA) is 84.3 Å². The van der Waals surface area contributed by atoms with Gasteiger partial charge in [0.15, 0.2) is 5.69 Å². The highest BCUT2D eigenvalue weighted by Gasteiger charge is 2.32. The first-order chi connectivity index (χ1) is 12.9. The number of carbonyl (C=O) groups is 1. The molecule has 0 aliphatic carbocycles. The zero-order valence-electron chi connectivity index (χ0n) is 14.9. The molecule has 27 heavy (non-hydrogen) atoms. The minimum absolute atomic E-state index is 0.0493. The molecule has 1 amide bonds. The molecular formula is C19H18N4O3S. The van der Waals surface area contributed by atoms with Gasteiger partial charge in [-0.05, 0) is 31.2 Å². The molecule has 0 saturated carbocycles. The van der Waals surface area contributed by atoms with Crippen molar-refractivity contribution in [2.45, 2.75) is 18.4 Å². The van der Waals surface area contributed by atoms with Gasteiger partial charge < -0.3 is 5.32 Å². The van der Waals surface area contributed by atoms with Crippen LogP contribution in [-0.4, -0.2) is 35.2 Å². The maximum Gasteiger partial charge on any atom is 0.276 e. The number of hydrogen-bond acceptors (Lipinski definition) is 4. The second-order valence-corrected chi connectivity index (χ2v) is 8.47. The molecule has 2 aromatic carbocycles. The van der Waals surface area contributed by atoms with Crippen LogP contribution in [0.4, 0.5) is 5.69 Å². The number of aryl methyl sites for hydroxylation is 1. The van der Waals surface area contributed by atoms with Gasteiger partial charge in [0.2, 0.25) is 10.0 Å². The third kappa shape index (κ3) is 2.92. The SMILES string of the molecule is Cc1ccc(NC(=O)c2ncn3c2CN(C)S(=O)(=O)c2ccccc2-3)cc1. The molecule has 0 unspecified atom stereocenters. The molecule has 1 N–H and O–H groups in total. The molecule has 3 aromatic rings. The largest absolute Gasteiger partial charge is 0.321 e. The summed E-state index contributed by atoms with van der Waals surface area (Å²) in [6.45, 7) is 2.02. The van der Waals surface area contributed by atoms with Gasteiger partial charge in [-0.3, -0.25) is 9.36 Å². The molecule has 0 saturated heterocycles. The fourth-order valence-electron chi connectivity index (χ4n) is 3.09. The number of aromatic nitrogens is 2. The Kier molecular flexibility index (Phi) is 4.09. The molecule has 4 rings (SSSR count). The number of imidazole rings is 1. The van der Waals surface area contributed by atoms with E-state index >= 15 is 0 Å². The number of anilines is 1. The molecule has 138 valence electrons. The van der Waals surface area contributed by atoms with Crippen LogP contribution in [0.3, 0.4) is 0 Å². The number of hydrogen-bond donors (Lipinski definition) is 1. The van der Waals surface area contributed by atoms with Crippen molar-refractivity contribution >= 4 is 21.6 Å². The number of rotatable bonds is 2. The number of para-hydroxylation sites is 1. The number of carbonyl (C=O) groups excluding carboxylic acids is 1. The lowest BCUT2D eigenvalue weighted by Gasteiger charge is -2.14. The average molecular weight is 382 g/mol. The first-order valence-corrected chi connectivity index (χ1v) is 9.82. The van der Waals surface area contributed by atoms with E-state index in [9.17, 15) is 13.2 Å². The molecule has 2 heterocycles. The Morgan fingerprint density at radius 3 is 2.56 bits per heavy atom. The van der Waals surface area contributed by atoms with Crippen molar-refractivity contribution in [3.05, 3.63) is 71.8 Å². The summed E-state index contributed by atoms with van der Waals surface area (Å²) in [7, 11) is -2.15. The van der Waals surface area contributed by atoms with E-state index in [2.05, 4.69) is 10.3 Å². The van der Waals surface area contributed by atoms with Crippen LogP contribution in [0.25, 0.3) is 5.69 Å². The Balaban J connectivity index is 1.78. The van der Waals surface area contributed by atoms with Gasteiger partial charge >= 0.3 is 0 Å². The predicted octanol–water partition coefficient (Wildman–Crippen LogP) is 2.57. The number of nitrogens with one attached hydrogen (secondary N) is 1. The maximum absolute atomic E-state index is 12.8. The summed E-state index contributed by atoms with van der Waals surface area (Å²) in [4.78, 5) is 17.2. The summed E-state index contributed by atoms with van der Waals surface area (Å²) in [5, 5.41) is 2.82. The van der Waals surface area contributed by atoms with E-state index in [1.807, 2.05) is 31.2 Å². The standard InChI is InChI=1S/C19H18N4O3S/c1-13-7-9-14(10-8-13)21-19(24)18-16-11-22(2)27(25,26)17-6-4-3-5-15(17)23(16)12-20-18/h3-10,12H,11H2,1-2H3,(H,21,24). The normalized spacial score (nSPS) is 15.5. The number of sulfonamides is 1. The van der Waals surface area contributed by atoms with Crippen LogP contribution in [0.5, 0.6) is 0 Å². The number of amides is 1. The third-order valence-corrected chi connectivity index (χ3v) is 6.43. The molecule has 8 heteroatoms. The van der Waals surface area contributed by atoms with E-state index < -0.39 is 10.0 Å². The quantitative estimate of drug-likeness (QED) is 0.738. The van der Waals surface area contributed by atoms with Crippen LogP contribution in [0, 0.1) is 6.92 Å². The molecule has 1 aromatic heterocycles. The zero-order chi connectivity index (χ0) is 19.2. The first-order valence-electron chi connectivity index (χ1n) is 8.38. The van der Waals surface area contributed by atoms with Gasteiger partial charge in [0.25, 0.3) is 5.91 Å². The van der Waals surface area contributed by atoms with Crippen molar-refractivity contribution in [2.24, 2.45) is 0 Å². The van der Waals surface area contributed by atoms with E-state index in [1.54, 1.807) is 28.8 Å². The molecule has 7 nitrogen and oxygen atoms in total. The number of fused-ring (bicyclic) bond motifs is 3. The van der Waals surface area contributed by atoms with Crippen molar-refractivity contribution < 1.29 is 13.2 Å². The van der Waals surface area contributed by atoms with Gasteiger partial charge in [-0.1, -0.05) is 29.8 Å². The Morgan fingerprint density at radius 2 is 1.81 bits per heavy atom. The fraction of sp³-hybridized carbons (Fsp3) is 0.158. The molecule has 1 aliphatic heterocycles. The predicted molar refractivity (Wildman–Crippen MR) is 101 cm³/mol. The van der Waals surface area contributed by atoms with Crippen LogP contribution in [0.15, 0.2) is 59.8 Å². The van der Waals surface area contributed by atoms with Crippen molar-refractivity contribution in [3.8, 4) is 5.69 Å². The van der Waals surface area contributed by atoms with E-state index in [0.29, 0.717) is 17.1 Å². The van der Waals surface area contributed by atoms with Crippen molar-refractivity contribution in [1.82, 2.24) is 13.9 Å². The maximum atomic E-state index is 12.8. The number of benzene rings is 2. The molecule has 0 fully saturated rings. The second kappa shape index (κ2) is 6.33. The molecule has 0 spiro atoms. The van der Waals surface area contributed by atoms with Gasteiger partial charge in [0.05, 0.1) is 17.9 Å². The zero-order valence-corrected chi connectivity index (χ0v) is 15.7. The van der Waals surface area contributed by atoms with E-state index in [4.69, 9.17) is 0 Å².